The Kier molecular flexibility index (Phi) is 5.54. The second kappa shape index (κ2) is 5.72. The zero-order valence-electron chi connectivity index (χ0n) is 8.70. The molecule has 1 unspecified atom stereocenters. The fraction of sp³-hybridized carbons (Fsp3) is 1.00. The molecule has 0 rings (SSSR count). The van der Waals surface area contributed by atoms with Gasteiger partial charge in [0.05, 0.1) is 12.3 Å². The predicted octanol–water partition coefficient (Wildman–Crippen LogP) is 2.01. The van der Waals surface area contributed by atoms with E-state index in [1.54, 1.807) is 0 Å². The highest BCUT2D eigenvalue weighted by atomic mass is 19.4. The van der Waals surface area contributed by atoms with Crippen LogP contribution >= 0.6 is 0 Å². The zero-order chi connectivity index (χ0) is 13.0. The SMILES string of the molecule is CN(CCC(F)(F)F)CC(CN)C(F)(F)F. The van der Waals surface area contributed by atoms with E-state index < -0.39 is 44.3 Å². The Morgan fingerprint density at radius 3 is 1.94 bits per heavy atom. The highest BCUT2D eigenvalue weighted by Gasteiger charge is 2.39. The smallest absolute Gasteiger partial charge is 0.330 e. The maximum Gasteiger partial charge on any atom is 0.394 e. The minimum absolute atomic E-state index is 0.462. The number of nitrogens with two attached hydrogens (primary N) is 1. The molecule has 0 aliphatic heterocycles. The molecule has 0 amide bonds. The van der Waals surface area contributed by atoms with Crippen LogP contribution in [-0.2, 0) is 0 Å². The van der Waals surface area contributed by atoms with Crippen molar-refractivity contribution >= 4 is 0 Å². The monoisotopic (exact) mass is 252 g/mol. The van der Waals surface area contributed by atoms with Crippen molar-refractivity contribution in [3.8, 4) is 0 Å². The van der Waals surface area contributed by atoms with Gasteiger partial charge in [-0.1, -0.05) is 0 Å². The first-order valence-electron chi connectivity index (χ1n) is 4.58. The summed E-state index contributed by atoms with van der Waals surface area (Å²) in [4.78, 5) is 0.985. The van der Waals surface area contributed by atoms with Crippen LogP contribution in [0.5, 0.6) is 0 Å². The highest BCUT2D eigenvalue weighted by molar-refractivity contribution is 4.72. The second-order valence-corrected chi connectivity index (χ2v) is 3.60. The number of rotatable bonds is 5. The summed E-state index contributed by atoms with van der Waals surface area (Å²) in [7, 11) is 1.21. The maximum atomic E-state index is 12.2. The first kappa shape index (κ1) is 15.5. The Hall–Kier alpha value is -0.500. The van der Waals surface area contributed by atoms with Crippen molar-refractivity contribution < 1.29 is 26.3 Å². The summed E-state index contributed by atoms with van der Waals surface area (Å²) in [6.45, 7) is -1.61. The maximum absolute atomic E-state index is 12.2. The van der Waals surface area contributed by atoms with Gasteiger partial charge in [0.25, 0.3) is 0 Å². The van der Waals surface area contributed by atoms with Crippen LogP contribution < -0.4 is 5.73 Å². The van der Waals surface area contributed by atoms with E-state index in [9.17, 15) is 26.3 Å². The van der Waals surface area contributed by atoms with Gasteiger partial charge in [-0.3, -0.25) is 0 Å². The molecule has 8 heteroatoms. The Morgan fingerprint density at radius 1 is 1.12 bits per heavy atom. The van der Waals surface area contributed by atoms with Crippen molar-refractivity contribution in [3.63, 3.8) is 0 Å². The van der Waals surface area contributed by atoms with Crippen molar-refractivity contribution in [2.75, 3.05) is 26.7 Å². The van der Waals surface area contributed by atoms with Crippen LogP contribution in [0.1, 0.15) is 6.42 Å². The van der Waals surface area contributed by atoms with E-state index in [-0.39, 0.29) is 0 Å². The summed E-state index contributed by atoms with van der Waals surface area (Å²) in [5.74, 6) is -1.79. The molecule has 0 radical (unpaired) electrons. The molecule has 0 bridgehead atoms. The van der Waals surface area contributed by atoms with Crippen LogP contribution in [-0.4, -0.2) is 43.9 Å². The summed E-state index contributed by atoms with van der Waals surface area (Å²) in [5.41, 5.74) is 4.92. The first-order valence-corrected chi connectivity index (χ1v) is 4.58. The van der Waals surface area contributed by atoms with E-state index in [1.165, 1.54) is 7.05 Å². The molecule has 2 N–H and O–H groups in total. The van der Waals surface area contributed by atoms with Gasteiger partial charge in [0.2, 0.25) is 0 Å². The lowest BCUT2D eigenvalue weighted by Gasteiger charge is -2.25. The molecule has 2 nitrogen and oxygen atoms in total. The third-order valence-electron chi connectivity index (χ3n) is 2.06. The average molecular weight is 252 g/mol. The molecule has 0 heterocycles. The number of alkyl halides is 6. The minimum Gasteiger partial charge on any atom is -0.330 e. The van der Waals surface area contributed by atoms with Crippen LogP contribution in [0.15, 0.2) is 0 Å². The molecular formula is C8H14F6N2. The van der Waals surface area contributed by atoms with Gasteiger partial charge in [0, 0.05) is 19.6 Å². The lowest BCUT2D eigenvalue weighted by atomic mass is 10.1. The molecular weight excluding hydrogens is 238 g/mol. The summed E-state index contributed by atoms with van der Waals surface area (Å²) < 4.78 is 72.1. The van der Waals surface area contributed by atoms with Crippen LogP contribution in [0.2, 0.25) is 0 Å². The van der Waals surface area contributed by atoms with Crippen LogP contribution in [0.4, 0.5) is 26.3 Å². The van der Waals surface area contributed by atoms with E-state index in [2.05, 4.69) is 0 Å². The van der Waals surface area contributed by atoms with E-state index in [0.29, 0.717) is 0 Å². The number of halogens is 6. The van der Waals surface area contributed by atoms with Gasteiger partial charge in [-0.05, 0) is 7.05 Å². The lowest BCUT2D eigenvalue weighted by molar-refractivity contribution is -0.177. The Bertz CT molecular complexity index is 200. The van der Waals surface area contributed by atoms with Crippen LogP contribution in [0.3, 0.4) is 0 Å². The molecule has 0 aromatic carbocycles. The normalized spacial score (nSPS) is 15.6. The first-order chi connectivity index (χ1) is 7.06. The summed E-state index contributed by atoms with van der Waals surface area (Å²) in [6, 6.07) is 0. The molecule has 0 saturated heterocycles. The molecule has 0 aliphatic rings. The second-order valence-electron chi connectivity index (χ2n) is 3.60. The molecule has 98 valence electrons. The highest BCUT2D eigenvalue weighted by Crippen LogP contribution is 2.26. The van der Waals surface area contributed by atoms with Crippen molar-refractivity contribution in [1.82, 2.24) is 4.90 Å². The molecule has 1 atom stereocenters. The fourth-order valence-corrected chi connectivity index (χ4v) is 1.10. The largest absolute Gasteiger partial charge is 0.394 e. The minimum atomic E-state index is -4.47. The van der Waals surface area contributed by atoms with Gasteiger partial charge in [-0.15, -0.1) is 0 Å². The van der Waals surface area contributed by atoms with E-state index >= 15 is 0 Å². The Morgan fingerprint density at radius 2 is 1.62 bits per heavy atom. The molecule has 0 aromatic heterocycles. The van der Waals surface area contributed by atoms with E-state index in [1.807, 2.05) is 0 Å². The van der Waals surface area contributed by atoms with Gasteiger partial charge in [0.1, 0.15) is 0 Å². The third kappa shape index (κ3) is 6.89. The Balaban J connectivity index is 4.07. The van der Waals surface area contributed by atoms with Gasteiger partial charge in [0.15, 0.2) is 0 Å². The van der Waals surface area contributed by atoms with Gasteiger partial charge in [-0.2, -0.15) is 26.3 Å². The summed E-state index contributed by atoms with van der Waals surface area (Å²) in [6.07, 6.45) is -9.95. The van der Waals surface area contributed by atoms with Gasteiger partial charge >= 0.3 is 12.4 Å². The lowest BCUT2D eigenvalue weighted by Crippen LogP contribution is -2.40. The molecule has 0 aliphatic carbocycles. The molecule has 0 aromatic rings. The van der Waals surface area contributed by atoms with Crippen molar-refractivity contribution in [2.24, 2.45) is 11.7 Å². The summed E-state index contributed by atoms with van der Waals surface area (Å²) >= 11 is 0. The molecule has 0 fully saturated rings. The number of hydrogen-bond donors (Lipinski definition) is 1. The van der Waals surface area contributed by atoms with Crippen LogP contribution in [0.25, 0.3) is 0 Å². The van der Waals surface area contributed by atoms with Crippen molar-refractivity contribution in [3.05, 3.63) is 0 Å². The van der Waals surface area contributed by atoms with Gasteiger partial charge < -0.3 is 10.6 Å². The topological polar surface area (TPSA) is 29.3 Å². The van der Waals surface area contributed by atoms with E-state index in [4.69, 9.17) is 5.73 Å². The fourth-order valence-electron chi connectivity index (χ4n) is 1.10. The Labute approximate surface area is 89.4 Å². The summed E-state index contributed by atoms with van der Waals surface area (Å²) in [5, 5.41) is 0. The predicted molar refractivity (Wildman–Crippen MR) is 46.8 cm³/mol. The standard InChI is InChI=1S/C8H14F6N2/c1-16(3-2-7(9,10)11)5-6(4-15)8(12,13)14/h6H,2-5,15H2,1H3. The quantitative estimate of drug-likeness (QED) is 0.758. The van der Waals surface area contributed by atoms with Gasteiger partial charge in [-0.25, -0.2) is 0 Å². The van der Waals surface area contributed by atoms with Crippen LogP contribution in [0, 0.1) is 5.92 Å². The van der Waals surface area contributed by atoms with Crippen molar-refractivity contribution in [1.29, 1.82) is 0 Å². The third-order valence-corrected chi connectivity index (χ3v) is 2.06. The zero-order valence-corrected chi connectivity index (χ0v) is 8.70. The van der Waals surface area contributed by atoms with E-state index in [0.717, 1.165) is 4.90 Å². The molecule has 0 spiro atoms. The van der Waals surface area contributed by atoms with Crippen molar-refractivity contribution in [2.45, 2.75) is 18.8 Å². The molecule has 16 heavy (non-hydrogen) atoms. The average Bonchev–Trinajstić information content (AvgIpc) is 2.07. The number of nitrogens with zero attached hydrogens (tertiary/aromatic N) is 1. The molecule has 0 saturated carbocycles. The number of hydrogen-bond acceptors (Lipinski definition) is 2.